The Bertz CT molecular complexity index is 752. The van der Waals surface area contributed by atoms with Crippen LogP contribution >= 0.6 is 27.5 Å². The van der Waals surface area contributed by atoms with E-state index in [1.54, 1.807) is 12.1 Å². The summed E-state index contributed by atoms with van der Waals surface area (Å²) < 4.78 is 40.1. The third-order valence-electron chi connectivity index (χ3n) is 2.70. The summed E-state index contributed by atoms with van der Waals surface area (Å²) in [6, 6.07) is 10.0. The van der Waals surface area contributed by atoms with Crippen LogP contribution in [0.3, 0.4) is 0 Å². The first-order valence-electron chi connectivity index (χ1n) is 5.52. The van der Waals surface area contributed by atoms with Crippen molar-refractivity contribution in [2.24, 2.45) is 0 Å². The topological polar surface area (TPSA) is 37.4 Å². The van der Waals surface area contributed by atoms with Crippen molar-refractivity contribution in [3.63, 3.8) is 0 Å². The Morgan fingerprint density at radius 3 is 2.50 bits per heavy atom. The van der Waals surface area contributed by atoms with Crippen LogP contribution in [0.25, 0.3) is 0 Å². The molecule has 0 aliphatic rings. The van der Waals surface area contributed by atoms with Gasteiger partial charge in [-0.2, -0.15) is 0 Å². The molecule has 0 fully saturated rings. The molecule has 0 aliphatic heterocycles. The zero-order valence-electron chi connectivity index (χ0n) is 10.3. The second kappa shape index (κ2) is 5.71. The van der Waals surface area contributed by atoms with Crippen LogP contribution in [0.2, 0.25) is 5.02 Å². The fourth-order valence-electron chi connectivity index (χ4n) is 1.65. The molecule has 0 unspecified atom stereocenters. The molecule has 0 saturated heterocycles. The molecule has 3 nitrogen and oxygen atoms in total. The van der Waals surface area contributed by atoms with Gasteiger partial charge in [-0.25, -0.2) is 12.8 Å². The van der Waals surface area contributed by atoms with E-state index >= 15 is 0 Å². The fraction of sp³-hybridized carbons (Fsp3) is 0.0769. The van der Waals surface area contributed by atoms with Gasteiger partial charge in [0, 0.05) is 16.5 Å². The van der Waals surface area contributed by atoms with E-state index in [0.717, 1.165) is 4.31 Å². The van der Waals surface area contributed by atoms with Gasteiger partial charge in [-0.15, -0.1) is 0 Å². The minimum absolute atomic E-state index is 0.00909. The summed E-state index contributed by atoms with van der Waals surface area (Å²) in [5.74, 6) is -0.632. The van der Waals surface area contributed by atoms with Crippen molar-refractivity contribution >= 4 is 43.2 Å². The van der Waals surface area contributed by atoms with Crippen LogP contribution in [0, 0.1) is 5.82 Å². The van der Waals surface area contributed by atoms with Crippen molar-refractivity contribution < 1.29 is 12.8 Å². The van der Waals surface area contributed by atoms with Crippen molar-refractivity contribution in [2.45, 2.75) is 4.90 Å². The van der Waals surface area contributed by atoms with E-state index < -0.39 is 15.8 Å². The third-order valence-corrected chi connectivity index (χ3v) is 5.20. The molecule has 0 N–H and O–H groups in total. The number of rotatable bonds is 3. The molecular weight excluding hydrogens is 369 g/mol. The van der Waals surface area contributed by atoms with Gasteiger partial charge in [-0.1, -0.05) is 33.6 Å². The summed E-state index contributed by atoms with van der Waals surface area (Å²) in [7, 11) is -2.56. The van der Waals surface area contributed by atoms with E-state index in [4.69, 9.17) is 11.6 Å². The number of hydrogen-bond donors (Lipinski definition) is 0. The van der Waals surface area contributed by atoms with Crippen LogP contribution in [0.5, 0.6) is 0 Å². The number of anilines is 1. The molecule has 0 amide bonds. The maximum absolute atomic E-state index is 13.9. The molecule has 2 rings (SSSR count). The number of sulfonamides is 1. The Kier molecular flexibility index (Phi) is 4.36. The largest absolute Gasteiger partial charge is 0.266 e. The van der Waals surface area contributed by atoms with Gasteiger partial charge in [-0.3, -0.25) is 4.31 Å². The highest BCUT2D eigenvalue weighted by Crippen LogP contribution is 2.27. The van der Waals surface area contributed by atoms with Crippen LogP contribution in [-0.2, 0) is 10.0 Å². The molecule has 0 atom stereocenters. The van der Waals surface area contributed by atoms with Crippen molar-refractivity contribution in [1.82, 2.24) is 0 Å². The maximum Gasteiger partial charge on any atom is 0.264 e. The lowest BCUT2D eigenvalue weighted by atomic mass is 10.3. The summed E-state index contributed by atoms with van der Waals surface area (Å²) in [4.78, 5) is 0.00909. The van der Waals surface area contributed by atoms with Gasteiger partial charge in [0.05, 0.1) is 10.6 Å². The highest BCUT2D eigenvalue weighted by Gasteiger charge is 2.23. The first-order valence-corrected chi connectivity index (χ1v) is 8.13. The smallest absolute Gasteiger partial charge is 0.264 e. The van der Waals surface area contributed by atoms with E-state index in [9.17, 15) is 12.8 Å². The lowest BCUT2D eigenvalue weighted by Gasteiger charge is -2.20. The van der Waals surface area contributed by atoms with Crippen molar-refractivity contribution in [3.8, 4) is 0 Å². The fourth-order valence-corrected chi connectivity index (χ4v) is 3.49. The molecule has 0 aliphatic carbocycles. The first-order chi connectivity index (χ1) is 9.32. The average molecular weight is 379 g/mol. The highest BCUT2D eigenvalue weighted by atomic mass is 79.9. The summed E-state index contributed by atoms with van der Waals surface area (Å²) in [5.41, 5.74) is -0.0341. The van der Waals surface area contributed by atoms with Crippen LogP contribution in [-0.4, -0.2) is 15.5 Å². The quantitative estimate of drug-likeness (QED) is 0.807. The van der Waals surface area contributed by atoms with E-state index in [-0.39, 0.29) is 10.6 Å². The van der Waals surface area contributed by atoms with E-state index in [1.807, 2.05) is 0 Å². The molecule has 0 spiro atoms. The minimum atomic E-state index is -3.86. The highest BCUT2D eigenvalue weighted by molar-refractivity contribution is 9.10. The standard InChI is InChI=1S/C13H10BrClFNO2S/c1-17(13-6-5-9(14)7-12(13)16)20(18,19)11-4-2-3-10(15)8-11/h2-8H,1H3. The van der Waals surface area contributed by atoms with Crippen LogP contribution < -0.4 is 4.31 Å². The number of benzene rings is 2. The first kappa shape index (κ1) is 15.3. The predicted molar refractivity (Wildman–Crippen MR) is 81.1 cm³/mol. The van der Waals surface area contributed by atoms with Gasteiger partial charge in [0.2, 0.25) is 0 Å². The SMILES string of the molecule is CN(c1ccc(Br)cc1F)S(=O)(=O)c1cccc(Cl)c1. The van der Waals surface area contributed by atoms with E-state index in [0.29, 0.717) is 9.50 Å². The summed E-state index contributed by atoms with van der Waals surface area (Å²) in [6.45, 7) is 0. The molecule has 0 bridgehead atoms. The lowest BCUT2D eigenvalue weighted by Crippen LogP contribution is -2.27. The predicted octanol–water partition coefficient (Wildman–Crippen LogP) is 4.07. The zero-order chi connectivity index (χ0) is 14.9. The zero-order valence-corrected chi connectivity index (χ0v) is 13.5. The molecule has 2 aromatic carbocycles. The molecular formula is C13H10BrClFNO2S. The Hall–Kier alpha value is -1.11. The Morgan fingerprint density at radius 2 is 1.90 bits per heavy atom. The molecule has 0 radical (unpaired) electrons. The Labute approximate surface area is 130 Å². The van der Waals surface area contributed by atoms with Gasteiger partial charge >= 0.3 is 0 Å². The number of halogens is 3. The van der Waals surface area contributed by atoms with E-state index in [1.165, 1.54) is 37.4 Å². The molecule has 0 saturated carbocycles. The van der Waals surface area contributed by atoms with Crippen LogP contribution in [0.1, 0.15) is 0 Å². The molecule has 0 aromatic heterocycles. The van der Waals surface area contributed by atoms with Gasteiger partial charge in [0.1, 0.15) is 5.82 Å². The number of nitrogens with zero attached hydrogens (tertiary/aromatic N) is 1. The Balaban J connectivity index is 2.49. The van der Waals surface area contributed by atoms with Crippen LogP contribution in [0.15, 0.2) is 51.8 Å². The average Bonchev–Trinajstić information content (AvgIpc) is 2.38. The molecule has 7 heteroatoms. The lowest BCUT2D eigenvalue weighted by molar-refractivity contribution is 0.589. The maximum atomic E-state index is 13.9. The van der Waals surface area contributed by atoms with Gasteiger partial charge in [0.25, 0.3) is 10.0 Å². The van der Waals surface area contributed by atoms with Gasteiger partial charge in [0.15, 0.2) is 0 Å². The van der Waals surface area contributed by atoms with E-state index in [2.05, 4.69) is 15.9 Å². The Morgan fingerprint density at radius 1 is 1.20 bits per heavy atom. The van der Waals surface area contributed by atoms with Crippen molar-refractivity contribution in [2.75, 3.05) is 11.4 Å². The van der Waals surface area contributed by atoms with Crippen LogP contribution in [0.4, 0.5) is 10.1 Å². The third kappa shape index (κ3) is 2.97. The monoisotopic (exact) mass is 377 g/mol. The van der Waals surface area contributed by atoms with Gasteiger partial charge in [-0.05, 0) is 36.4 Å². The van der Waals surface area contributed by atoms with Gasteiger partial charge < -0.3 is 0 Å². The summed E-state index contributed by atoms with van der Waals surface area (Å²) >= 11 is 8.92. The van der Waals surface area contributed by atoms with Crippen molar-refractivity contribution in [3.05, 3.63) is 57.8 Å². The molecule has 2 aromatic rings. The molecule has 106 valence electrons. The normalized spacial score (nSPS) is 11.4. The second-order valence-electron chi connectivity index (χ2n) is 4.03. The molecule has 0 heterocycles. The second-order valence-corrected chi connectivity index (χ2v) is 7.35. The number of hydrogen-bond acceptors (Lipinski definition) is 2. The minimum Gasteiger partial charge on any atom is -0.266 e. The molecule has 20 heavy (non-hydrogen) atoms. The van der Waals surface area contributed by atoms with Crippen molar-refractivity contribution in [1.29, 1.82) is 0 Å². The summed E-state index contributed by atoms with van der Waals surface area (Å²) in [6.07, 6.45) is 0. The summed E-state index contributed by atoms with van der Waals surface area (Å²) in [5, 5.41) is 0.302.